The Morgan fingerprint density at radius 2 is 1.04 bits per heavy atom. The van der Waals surface area contributed by atoms with Crippen LogP contribution in [0.15, 0.2) is 46.2 Å². The largest absolute Gasteiger partial charge is 0.298 e. The summed E-state index contributed by atoms with van der Waals surface area (Å²) >= 11 is 0. The van der Waals surface area contributed by atoms with E-state index in [2.05, 4.69) is 11.8 Å². The van der Waals surface area contributed by atoms with Gasteiger partial charge in [-0.25, -0.2) is 0 Å². The van der Waals surface area contributed by atoms with E-state index in [0.717, 1.165) is 11.1 Å². The van der Waals surface area contributed by atoms with Crippen LogP contribution < -0.4 is 0 Å². The van der Waals surface area contributed by atoms with E-state index in [1.165, 1.54) is 12.1 Å². The summed E-state index contributed by atoms with van der Waals surface area (Å²) in [6.45, 7) is 6.11. The smallest absolute Gasteiger partial charge is 0.253 e. The van der Waals surface area contributed by atoms with Crippen LogP contribution in [0.5, 0.6) is 0 Å². The van der Waals surface area contributed by atoms with E-state index in [0.29, 0.717) is 11.1 Å². The average Bonchev–Trinajstić information content (AvgIpc) is 2.61. The number of aryl methyl sites for hydroxylation is 4. The first kappa shape index (κ1) is 22.1. The highest BCUT2D eigenvalue weighted by Gasteiger charge is 2.18. The summed E-state index contributed by atoms with van der Waals surface area (Å²) in [7, 11) is -7.89. The van der Waals surface area contributed by atoms with Crippen molar-refractivity contribution >= 4 is 20.2 Å². The fourth-order valence-electron chi connectivity index (χ4n) is 2.40. The Labute approximate surface area is 166 Å². The minimum Gasteiger partial charge on any atom is -0.253 e. The predicted molar refractivity (Wildman–Crippen MR) is 106 cm³/mol. The van der Waals surface area contributed by atoms with Crippen molar-refractivity contribution in [3.05, 3.63) is 58.7 Å². The molecule has 0 aliphatic carbocycles. The Balaban J connectivity index is 1.97. The van der Waals surface area contributed by atoms with Crippen LogP contribution in [-0.4, -0.2) is 30.0 Å². The monoisotopic (exact) mass is 422 g/mol. The Hall–Kier alpha value is -2.18. The third-order valence-electron chi connectivity index (χ3n) is 3.92. The molecular weight excluding hydrogens is 400 g/mol. The first-order valence-corrected chi connectivity index (χ1v) is 11.2. The second kappa shape index (κ2) is 8.88. The molecule has 0 amide bonds. The van der Waals surface area contributed by atoms with E-state index in [-0.39, 0.29) is 9.79 Å². The lowest BCUT2D eigenvalue weighted by Gasteiger charge is -2.07. The number of hydrogen-bond acceptors (Lipinski definition) is 6. The van der Waals surface area contributed by atoms with Gasteiger partial charge >= 0.3 is 0 Å². The van der Waals surface area contributed by atoms with Crippen molar-refractivity contribution in [2.24, 2.45) is 0 Å². The second-order valence-electron chi connectivity index (χ2n) is 6.32. The van der Waals surface area contributed by atoms with Crippen LogP contribution in [0.1, 0.15) is 22.3 Å². The van der Waals surface area contributed by atoms with Crippen LogP contribution in [0.4, 0.5) is 0 Å². The molecule has 0 heterocycles. The molecule has 2 aromatic rings. The standard InChI is InChI=1S/C20H22O6S2/c1-15-7-9-17(3)19(13-15)27(21,22)25-11-5-6-12-26-28(23,24)20-14-16(2)8-10-18(20)4/h7-10,13-14H,11-12H2,1-4H3. The van der Waals surface area contributed by atoms with Crippen molar-refractivity contribution in [3.8, 4) is 11.8 Å². The van der Waals surface area contributed by atoms with Crippen molar-refractivity contribution in [1.29, 1.82) is 0 Å². The maximum absolute atomic E-state index is 12.2. The van der Waals surface area contributed by atoms with Gasteiger partial charge in [0.25, 0.3) is 20.2 Å². The zero-order chi connectivity index (χ0) is 20.9. The van der Waals surface area contributed by atoms with Gasteiger partial charge < -0.3 is 0 Å². The molecule has 0 bridgehead atoms. The summed E-state index contributed by atoms with van der Waals surface area (Å²) in [5.74, 6) is 4.91. The van der Waals surface area contributed by atoms with E-state index in [4.69, 9.17) is 8.37 Å². The van der Waals surface area contributed by atoms with Gasteiger partial charge in [-0.15, -0.1) is 0 Å². The van der Waals surface area contributed by atoms with E-state index in [9.17, 15) is 16.8 Å². The zero-order valence-electron chi connectivity index (χ0n) is 16.1. The normalized spacial score (nSPS) is 11.7. The molecule has 0 spiro atoms. The molecular formula is C20H22O6S2. The van der Waals surface area contributed by atoms with Crippen molar-refractivity contribution in [2.45, 2.75) is 37.5 Å². The minimum atomic E-state index is -3.94. The molecule has 0 radical (unpaired) electrons. The molecule has 0 atom stereocenters. The fourth-order valence-corrected chi connectivity index (χ4v) is 4.66. The van der Waals surface area contributed by atoms with Crippen LogP contribution in [0.25, 0.3) is 0 Å². The second-order valence-corrected chi connectivity index (χ2v) is 9.49. The molecule has 2 rings (SSSR count). The molecule has 0 aliphatic rings. The Morgan fingerprint density at radius 1 is 0.679 bits per heavy atom. The van der Waals surface area contributed by atoms with Crippen molar-refractivity contribution in [1.82, 2.24) is 0 Å². The molecule has 6 nitrogen and oxygen atoms in total. The van der Waals surface area contributed by atoms with Gasteiger partial charge in [-0.2, -0.15) is 16.8 Å². The summed E-state index contributed by atoms with van der Waals surface area (Å²) in [6, 6.07) is 10.1. The molecule has 0 aromatic heterocycles. The van der Waals surface area contributed by atoms with Gasteiger partial charge in [0, 0.05) is 0 Å². The highest BCUT2D eigenvalue weighted by atomic mass is 32.2. The average molecular weight is 423 g/mol. The molecule has 8 heteroatoms. The molecule has 0 aliphatic heterocycles. The summed E-state index contributed by atoms with van der Waals surface area (Å²) in [5, 5.41) is 0. The molecule has 28 heavy (non-hydrogen) atoms. The number of rotatable bonds is 6. The van der Waals surface area contributed by atoms with Gasteiger partial charge in [-0.1, -0.05) is 36.1 Å². The molecule has 0 N–H and O–H groups in total. The molecule has 2 aromatic carbocycles. The van der Waals surface area contributed by atoms with Crippen LogP contribution in [0.3, 0.4) is 0 Å². The first-order valence-electron chi connectivity index (χ1n) is 8.42. The van der Waals surface area contributed by atoms with Gasteiger partial charge in [0.05, 0.1) is 9.79 Å². The molecule has 0 unspecified atom stereocenters. The maximum atomic E-state index is 12.2. The third-order valence-corrected chi connectivity index (χ3v) is 6.74. The number of benzene rings is 2. The van der Waals surface area contributed by atoms with Crippen LogP contribution in [0, 0.1) is 39.5 Å². The predicted octanol–water partition coefficient (Wildman–Crippen LogP) is 3.03. The van der Waals surface area contributed by atoms with Crippen LogP contribution in [0.2, 0.25) is 0 Å². The van der Waals surface area contributed by atoms with E-state index >= 15 is 0 Å². The summed E-state index contributed by atoms with van der Waals surface area (Å²) in [4.78, 5) is 0.172. The minimum absolute atomic E-state index is 0.0862. The Morgan fingerprint density at radius 3 is 1.39 bits per heavy atom. The molecule has 0 fully saturated rings. The van der Waals surface area contributed by atoms with E-state index in [1.807, 2.05) is 12.1 Å². The summed E-state index contributed by atoms with van der Waals surface area (Å²) in [5.41, 5.74) is 2.73. The molecule has 0 saturated heterocycles. The summed E-state index contributed by atoms with van der Waals surface area (Å²) in [6.07, 6.45) is 0. The zero-order valence-corrected chi connectivity index (χ0v) is 17.8. The Bertz CT molecular complexity index is 1050. The van der Waals surface area contributed by atoms with Crippen LogP contribution in [-0.2, 0) is 28.6 Å². The first-order chi connectivity index (χ1) is 13.0. The number of hydrogen-bond donors (Lipinski definition) is 0. The van der Waals surface area contributed by atoms with Gasteiger partial charge in [-0.3, -0.25) is 8.37 Å². The van der Waals surface area contributed by atoms with Crippen molar-refractivity contribution in [2.75, 3.05) is 13.2 Å². The Kier molecular flexibility index (Phi) is 7.01. The molecule has 150 valence electrons. The highest BCUT2D eigenvalue weighted by Crippen LogP contribution is 2.20. The quantitative estimate of drug-likeness (QED) is 0.525. The van der Waals surface area contributed by atoms with Gasteiger partial charge in [0.1, 0.15) is 13.2 Å². The van der Waals surface area contributed by atoms with Gasteiger partial charge in [-0.05, 0) is 62.1 Å². The topological polar surface area (TPSA) is 86.7 Å². The van der Waals surface area contributed by atoms with Crippen molar-refractivity contribution < 1.29 is 25.2 Å². The maximum Gasteiger partial charge on any atom is 0.298 e. The fraction of sp³-hybridized carbons (Fsp3) is 0.300. The lowest BCUT2D eigenvalue weighted by atomic mass is 10.2. The highest BCUT2D eigenvalue weighted by molar-refractivity contribution is 7.87. The van der Waals surface area contributed by atoms with Gasteiger partial charge in [0.15, 0.2) is 0 Å². The van der Waals surface area contributed by atoms with Crippen LogP contribution >= 0.6 is 0 Å². The third kappa shape index (κ3) is 5.66. The van der Waals surface area contributed by atoms with E-state index < -0.39 is 33.5 Å². The summed E-state index contributed by atoms with van der Waals surface area (Å²) < 4.78 is 58.7. The molecule has 0 saturated carbocycles. The lowest BCUT2D eigenvalue weighted by Crippen LogP contribution is -2.10. The van der Waals surface area contributed by atoms with E-state index in [1.54, 1.807) is 39.8 Å². The van der Waals surface area contributed by atoms with Crippen molar-refractivity contribution in [3.63, 3.8) is 0 Å². The van der Waals surface area contributed by atoms with Gasteiger partial charge in [0.2, 0.25) is 0 Å². The SMILES string of the molecule is Cc1ccc(C)c(S(=O)(=O)OCC#CCOS(=O)(=O)c2cc(C)ccc2C)c1. The lowest BCUT2D eigenvalue weighted by molar-refractivity contribution is 0.355.